The molecule has 0 aliphatic rings. The van der Waals surface area contributed by atoms with E-state index in [0.29, 0.717) is 16.9 Å². The predicted molar refractivity (Wildman–Crippen MR) is 92.6 cm³/mol. The molecule has 0 bridgehead atoms. The van der Waals surface area contributed by atoms with Crippen LogP contribution in [0.2, 0.25) is 0 Å². The highest BCUT2D eigenvalue weighted by atomic mass is 16.6. The summed E-state index contributed by atoms with van der Waals surface area (Å²) < 4.78 is 5.58. The molecule has 6 heteroatoms. The van der Waals surface area contributed by atoms with Crippen LogP contribution in [-0.2, 0) is 4.79 Å². The summed E-state index contributed by atoms with van der Waals surface area (Å²) in [4.78, 5) is 22.5. The normalized spacial score (nSPS) is 10.3. The van der Waals surface area contributed by atoms with Crippen LogP contribution >= 0.6 is 0 Å². The number of carbonyl (C=O) groups is 1. The van der Waals surface area contributed by atoms with Gasteiger partial charge in [0.1, 0.15) is 5.75 Å². The van der Waals surface area contributed by atoms with Crippen LogP contribution in [0.15, 0.2) is 30.3 Å². The Balaban J connectivity index is 2.08. The maximum absolute atomic E-state index is 12.1. The van der Waals surface area contributed by atoms with Gasteiger partial charge in [-0.25, -0.2) is 0 Å². The summed E-state index contributed by atoms with van der Waals surface area (Å²) in [5.41, 5.74) is 4.00. The van der Waals surface area contributed by atoms with Crippen molar-refractivity contribution in [3.05, 3.63) is 62.7 Å². The molecule has 6 nitrogen and oxygen atoms in total. The third-order valence-electron chi connectivity index (χ3n) is 3.75. The number of amides is 1. The molecule has 0 unspecified atom stereocenters. The Morgan fingerprint density at radius 2 is 1.62 bits per heavy atom. The molecule has 2 rings (SSSR count). The summed E-state index contributed by atoms with van der Waals surface area (Å²) >= 11 is 0. The van der Waals surface area contributed by atoms with Crippen molar-refractivity contribution in [3.8, 4) is 5.75 Å². The topological polar surface area (TPSA) is 81.5 Å². The van der Waals surface area contributed by atoms with Gasteiger partial charge in [0.2, 0.25) is 0 Å². The number of nitrogens with one attached hydrogen (secondary N) is 1. The highest BCUT2D eigenvalue weighted by Gasteiger charge is 2.14. The largest absolute Gasteiger partial charge is 0.483 e. The van der Waals surface area contributed by atoms with Crippen molar-refractivity contribution in [2.24, 2.45) is 0 Å². The van der Waals surface area contributed by atoms with Crippen LogP contribution in [0.3, 0.4) is 0 Å². The summed E-state index contributed by atoms with van der Waals surface area (Å²) in [6, 6.07) is 8.65. The van der Waals surface area contributed by atoms with E-state index in [2.05, 4.69) is 5.32 Å². The van der Waals surface area contributed by atoms with Crippen molar-refractivity contribution in [2.75, 3.05) is 11.9 Å². The maximum Gasteiger partial charge on any atom is 0.270 e. The quantitative estimate of drug-likeness (QED) is 0.668. The van der Waals surface area contributed by atoms with Crippen molar-refractivity contribution in [2.45, 2.75) is 27.7 Å². The Morgan fingerprint density at radius 3 is 2.12 bits per heavy atom. The van der Waals surface area contributed by atoms with Crippen LogP contribution in [-0.4, -0.2) is 17.4 Å². The lowest BCUT2D eigenvalue weighted by molar-refractivity contribution is -0.385. The first-order chi connectivity index (χ1) is 11.3. The molecule has 0 fully saturated rings. The lowest BCUT2D eigenvalue weighted by Gasteiger charge is -2.14. The van der Waals surface area contributed by atoms with Crippen LogP contribution < -0.4 is 10.1 Å². The van der Waals surface area contributed by atoms with Crippen LogP contribution in [0, 0.1) is 37.8 Å². The van der Waals surface area contributed by atoms with Crippen LogP contribution in [0.1, 0.15) is 22.3 Å². The maximum atomic E-state index is 12.1. The number of hydrogen-bond acceptors (Lipinski definition) is 4. The number of non-ortho nitro benzene ring substituents is 1. The molecule has 0 saturated heterocycles. The van der Waals surface area contributed by atoms with E-state index in [4.69, 9.17) is 4.74 Å². The van der Waals surface area contributed by atoms with Gasteiger partial charge in [-0.1, -0.05) is 18.2 Å². The van der Waals surface area contributed by atoms with Gasteiger partial charge in [-0.05, 0) is 49.9 Å². The van der Waals surface area contributed by atoms with Crippen molar-refractivity contribution >= 4 is 17.3 Å². The number of carbonyl (C=O) groups excluding carboxylic acids is 1. The Morgan fingerprint density at radius 1 is 1.08 bits per heavy atom. The van der Waals surface area contributed by atoms with Gasteiger partial charge in [0.15, 0.2) is 6.61 Å². The van der Waals surface area contributed by atoms with Gasteiger partial charge in [-0.15, -0.1) is 0 Å². The van der Waals surface area contributed by atoms with Crippen LogP contribution in [0.4, 0.5) is 11.4 Å². The number of ether oxygens (including phenoxy) is 1. The number of anilines is 1. The van der Waals surface area contributed by atoms with Gasteiger partial charge >= 0.3 is 0 Å². The predicted octanol–water partition coefficient (Wildman–Crippen LogP) is 3.85. The zero-order valence-electron chi connectivity index (χ0n) is 14.2. The highest BCUT2D eigenvalue weighted by molar-refractivity contribution is 5.93. The van der Waals surface area contributed by atoms with Gasteiger partial charge in [-0.3, -0.25) is 14.9 Å². The van der Waals surface area contributed by atoms with Crippen LogP contribution in [0.25, 0.3) is 0 Å². The zero-order chi connectivity index (χ0) is 17.9. The molecule has 126 valence electrons. The summed E-state index contributed by atoms with van der Waals surface area (Å²) in [6.45, 7) is 7.13. The van der Waals surface area contributed by atoms with Crippen molar-refractivity contribution in [3.63, 3.8) is 0 Å². The molecule has 0 radical (unpaired) electrons. The summed E-state index contributed by atoms with van der Waals surface area (Å²) in [6.07, 6.45) is 0. The number of benzene rings is 2. The zero-order valence-corrected chi connectivity index (χ0v) is 14.2. The lowest BCUT2D eigenvalue weighted by atomic mass is 10.1. The molecule has 0 saturated carbocycles. The molecular formula is C18H20N2O4. The Bertz CT molecular complexity index is 756. The van der Waals surface area contributed by atoms with E-state index in [-0.39, 0.29) is 18.2 Å². The molecule has 0 aliphatic carbocycles. The average Bonchev–Trinajstić information content (AvgIpc) is 2.50. The minimum Gasteiger partial charge on any atom is -0.483 e. The molecule has 2 aromatic carbocycles. The monoisotopic (exact) mass is 328 g/mol. The van der Waals surface area contributed by atoms with E-state index < -0.39 is 4.92 Å². The second-order valence-corrected chi connectivity index (χ2v) is 5.77. The number of nitrogens with zero attached hydrogens (tertiary/aromatic N) is 1. The fourth-order valence-corrected chi connectivity index (χ4v) is 2.59. The van der Waals surface area contributed by atoms with Crippen molar-refractivity contribution in [1.82, 2.24) is 0 Å². The lowest BCUT2D eigenvalue weighted by Crippen LogP contribution is -2.21. The Kier molecular flexibility index (Phi) is 5.18. The Hall–Kier alpha value is -2.89. The molecule has 2 aromatic rings. The number of aryl methyl sites for hydroxylation is 4. The molecule has 1 N–H and O–H groups in total. The third-order valence-corrected chi connectivity index (χ3v) is 3.75. The van der Waals surface area contributed by atoms with E-state index in [1.165, 1.54) is 12.1 Å². The van der Waals surface area contributed by atoms with Gasteiger partial charge < -0.3 is 10.1 Å². The third kappa shape index (κ3) is 3.90. The van der Waals surface area contributed by atoms with Gasteiger partial charge in [0.25, 0.3) is 11.6 Å². The standard InChI is InChI=1S/C18H20N2O4/c1-11-6-5-7-12(2)17(11)19-16(21)10-24-18-13(3)8-15(20(22)23)9-14(18)4/h5-9H,10H2,1-4H3,(H,19,21). The molecule has 0 aliphatic heterocycles. The SMILES string of the molecule is Cc1cccc(C)c1NC(=O)COc1c(C)cc([N+](=O)[O-])cc1C. The number of para-hydroxylation sites is 1. The fourth-order valence-electron chi connectivity index (χ4n) is 2.59. The van der Waals surface area contributed by atoms with E-state index in [9.17, 15) is 14.9 Å². The van der Waals surface area contributed by atoms with Gasteiger partial charge in [-0.2, -0.15) is 0 Å². The molecule has 24 heavy (non-hydrogen) atoms. The molecule has 0 heterocycles. The fraction of sp³-hybridized carbons (Fsp3) is 0.278. The van der Waals surface area contributed by atoms with E-state index in [0.717, 1.165) is 16.8 Å². The minimum absolute atomic E-state index is 0.0114. The van der Waals surface area contributed by atoms with Gasteiger partial charge in [0, 0.05) is 17.8 Å². The van der Waals surface area contributed by atoms with E-state index >= 15 is 0 Å². The van der Waals surface area contributed by atoms with E-state index in [1.54, 1.807) is 13.8 Å². The molecule has 0 spiro atoms. The molecule has 0 atom stereocenters. The minimum atomic E-state index is -0.447. The second-order valence-electron chi connectivity index (χ2n) is 5.77. The van der Waals surface area contributed by atoms with Crippen LogP contribution in [0.5, 0.6) is 5.75 Å². The van der Waals surface area contributed by atoms with E-state index in [1.807, 2.05) is 32.0 Å². The summed E-state index contributed by atoms with van der Waals surface area (Å²) in [5, 5.41) is 13.7. The average molecular weight is 328 g/mol. The smallest absolute Gasteiger partial charge is 0.270 e. The number of nitro benzene ring substituents is 1. The first kappa shape index (κ1) is 17.5. The highest BCUT2D eigenvalue weighted by Crippen LogP contribution is 2.28. The summed E-state index contributed by atoms with van der Waals surface area (Å²) in [7, 11) is 0. The number of nitro groups is 1. The number of hydrogen-bond donors (Lipinski definition) is 1. The second kappa shape index (κ2) is 7.12. The van der Waals surface area contributed by atoms with Crippen molar-refractivity contribution in [1.29, 1.82) is 0 Å². The van der Waals surface area contributed by atoms with Gasteiger partial charge in [0.05, 0.1) is 4.92 Å². The molecule has 1 amide bonds. The Labute approximate surface area is 140 Å². The number of rotatable bonds is 5. The molecular weight excluding hydrogens is 308 g/mol. The summed E-state index contributed by atoms with van der Waals surface area (Å²) in [5.74, 6) is 0.224. The first-order valence-corrected chi connectivity index (χ1v) is 7.54. The first-order valence-electron chi connectivity index (χ1n) is 7.54. The molecule has 0 aromatic heterocycles. The van der Waals surface area contributed by atoms with Crippen molar-refractivity contribution < 1.29 is 14.5 Å².